The van der Waals surface area contributed by atoms with Crippen LogP contribution in [-0.2, 0) is 6.54 Å². The highest BCUT2D eigenvalue weighted by molar-refractivity contribution is 7.20. The Morgan fingerprint density at radius 1 is 1.10 bits per heavy atom. The normalized spacial score (nSPS) is 11.3. The van der Waals surface area contributed by atoms with Crippen molar-refractivity contribution in [2.24, 2.45) is 5.92 Å². The number of carbonyl (C=O) groups excluding carboxylic acids is 1. The van der Waals surface area contributed by atoms with Gasteiger partial charge in [-0.1, -0.05) is 67.6 Å². The van der Waals surface area contributed by atoms with Crippen molar-refractivity contribution in [3.05, 3.63) is 77.7 Å². The third kappa shape index (κ3) is 4.22. The van der Waals surface area contributed by atoms with Gasteiger partial charge in [0.1, 0.15) is 15.7 Å². The van der Waals surface area contributed by atoms with Crippen molar-refractivity contribution in [3.8, 4) is 10.6 Å². The van der Waals surface area contributed by atoms with Crippen LogP contribution in [0.5, 0.6) is 0 Å². The van der Waals surface area contributed by atoms with Crippen molar-refractivity contribution >= 4 is 22.1 Å². The molecule has 29 heavy (non-hydrogen) atoms. The fourth-order valence-electron chi connectivity index (χ4n) is 3.34. The summed E-state index contributed by atoms with van der Waals surface area (Å²) in [6.45, 7) is 7.55. The summed E-state index contributed by atoms with van der Waals surface area (Å²) in [4.78, 5) is 20.4. The lowest BCUT2D eigenvalue weighted by molar-refractivity contribution is 0.0722. The maximum atomic E-state index is 13.2. The van der Waals surface area contributed by atoms with Gasteiger partial charge in [-0.25, -0.2) is 9.50 Å². The Morgan fingerprint density at radius 2 is 1.83 bits per heavy atom. The fourth-order valence-corrected chi connectivity index (χ4v) is 4.28. The minimum Gasteiger partial charge on any atom is -0.334 e. The quantitative estimate of drug-likeness (QED) is 0.451. The van der Waals surface area contributed by atoms with E-state index in [1.165, 1.54) is 0 Å². The average Bonchev–Trinajstić information content (AvgIpc) is 3.30. The maximum absolute atomic E-state index is 13.2. The first-order valence-electron chi connectivity index (χ1n) is 9.76. The summed E-state index contributed by atoms with van der Waals surface area (Å²) >= 11 is 1.60. The average molecular weight is 405 g/mol. The molecule has 0 bridgehead atoms. The largest absolute Gasteiger partial charge is 0.334 e. The number of aromatic nitrogens is 3. The van der Waals surface area contributed by atoms with E-state index in [9.17, 15) is 4.79 Å². The Labute approximate surface area is 174 Å². The van der Waals surface area contributed by atoms with E-state index < -0.39 is 0 Å². The zero-order chi connectivity index (χ0) is 20.4. The van der Waals surface area contributed by atoms with Crippen LogP contribution in [0.15, 0.2) is 60.8 Å². The van der Waals surface area contributed by atoms with Crippen LogP contribution in [-0.4, -0.2) is 31.9 Å². The van der Waals surface area contributed by atoms with Gasteiger partial charge >= 0.3 is 0 Å². The van der Waals surface area contributed by atoms with E-state index in [0.717, 1.165) is 33.3 Å². The van der Waals surface area contributed by atoms with Gasteiger partial charge in [-0.3, -0.25) is 4.79 Å². The molecule has 0 unspecified atom stereocenters. The molecule has 2 heterocycles. The van der Waals surface area contributed by atoms with E-state index in [4.69, 9.17) is 0 Å². The molecule has 0 aliphatic carbocycles. The molecule has 0 aliphatic rings. The zero-order valence-electron chi connectivity index (χ0n) is 16.9. The van der Waals surface area contributed by atoms with Crippen molar-refractivity contribution in [1.82, 2.24) is 19.5 Å². The molecule has 2 aromatic carbocycles. The van der Waals surface area contributed by atoms with Gasteiger partial charge in [0.05, 0.1) is 6.20 Å². The molecule has 4 rings (SSSR count). The summed E-state index contributed by atoms with van der Waals surface area (Å²) in [5.41, 5.74) is 2.85. The van der Waals surface area contributed by atoms with Crippen LogP contribution in [0.25, 0.3) is 15.4 Å². The molecule has 0 fully saturated rings. The predicted molar refractivity (Wildman–Crippen MR) is 117 cm³/mol. The molecule has 4 aromatic rings. The molecule has 1 amide bonds. The predicted octanol–water partition coefficient (Wildman–Crippen LogP) is 5.06. The number of hydrogen-bond donors (Lipinski definition) is 0. The van der Waals surface area contributed by atoms with Gasteiger partial charge < -0.3 is 4.90 Å². The van der Waals surface area contributed by atoms with Crippen molar-refractivity contribution < 1.29 is 4.79 Å². The molecule has 6 heteroatoms. The van der Waals surface area contributed by atoms with Gasteiger partial charge in [-0.2, -0.15) is 5.10 Å². The lowest BCUT2D eigenvalue weighted by atomic mass is 10.1. The molecule has 148 valence electrons. The van der Waals surface area contributed by atoms with Crippen molar-refractivity contribution in [2.75, 3.05) is 6.54 Å². The van der Waals surface area contributed by atoms with Crippen molar-refractivity contribution in [3.63, 3.8) is 0 Å². The van der Waals surface area contributed by atoms with E-state index in [1.807, 2.05) is 65.0 Å². The summed E-state index contributed by atoms with van der Waals surface area (Å²) in [6.07, 6.45) is 1.84. The first-order valence-corrected chi connectivity index (χ1v) is 10.6. The number of imidazole rings is 1. The van der Waals surface area contributed by atoms with Crippen LogP contribution in [0.3, 0.4) is 0 Å². The third-order valence-corrected chi connectivity index (χ3v) is 5.74. The minimum atomic E-state index is 0.0569. The first kappa shape index (κ1) is 19.3. The molecule has 0 N–H and O–H groups in total. The van der Waals surface area contributed by atoms with Crippen molar-refractivity contribution in [2.45, 2.75) is 27.3 Å². The second-order valence-corrected chi connectivity index (χ2v) is 8.61. The zero-order valence-corrected chi connectivity index (χ0v) is 17.7. The van der Waals surface area contributed by atoms with E-state index >= 15 is 0 Å². The van der Waals surface area contributed by atoms with Crippen LogP contribution in [0.4, 0.5) is 0 Å². The van der Waals surface area contributed by atoms with Gasteiger partial charge in [0.15, 0.2) is 0 Å². The van der Waals surface area contributed by atoms with Gasteiger partial charge in [0.2, 0.25) is 0 Å². The highest BCUT2D eigenvalue weighted by Gasteiger charge is 2.18. The Bertz CT molecular complexity index is 1110. The summed E-state index contributed by atoms with van der Waals surface area (Å²) in [5.74, 6) is 1.33. The van der Waals surface area contributed by atoms with Gasteiger partial charge in [0, 0.05) is 24.2 Å². The minimum absolute atomic E-state index is 0.0569. The number of fused-ring (bicyclic) bond motifs is 1. The SMILES string of the molecule is Cc1ncc2sc(-c3ccc(C(=O)N(Cc4ccccc4)CC(C)C)cc3)nn12. The Morgan fingerprint density at radius 3 is 2.48 bits per heavy atom. The second-order valence-electron chi connectivity index (χ2n) is 7.61. The number of amides is 1. The summed E-state index contributed by atoms with van der Waals surface area (Å²) < 4.78 is 1.85. The number of aryl methyl sites for hydroxylation is 1. The van der Waals surface area contributed by atoms with Crippen LogP contribution in [0, 0.1) is 12.8 Å². The number of carbonyl (C=O) groups is 1. The number of nitrogens with zero attached hydrogens (tertiary/aromatic N) is 4. The summed E-state index contributed by atoms with van der Waals surface area (Å²) in [6, 6.07) is 17.9. The van der Waals surface area contributed by atoms with Crippen molar-refractivity contribution in [1.29, 1.82) is 0 Å². The lowest BCUT2D eigenvalue weighted by Crippen LogP contribution is -2.33. The molecule has 0 radical (unpaired) electrons. The van der Waals surface area contributed by atoms with Crippen LogP contribution in [0.1, 0.15) is 35.6 Å². The standard InChI is InChI=1S/C23H24N4OS/c1-16(2)14-26(15-18-7-5-4-6-8-18)23(28)20-11-9-19(10-12-20)22-25-27-17(3)24-13-21(27)29-22/h4-13,16H,14-15H2,1-3H3. The molecule has 0 aliphatic heterocycles. The molecule has 0 atom stereocenters. The summed E-state index contributed by atoms with van der Waals surface area (Å²) in [5, 5.41) is 5.55. The highest BCUT2D eigenvalue weighted by atomic mass is 32.1. The molecular weight excluding hydrogens is 380 g/mol. The van der Waals surface area contributed by atoms with E-state index in [-0.39, 0.29) is 5.91 Å². The third-order valence-electron chi connectivity index (χ3n) is 4.74. The first-order chi connectivity index (χ1) is 14.0. The number of benzene rings is 2. The number of hydrogen-bond acceptors (Lipinski definition) is 4. The molecule has 0 spiro atoms. The molecule has 0 saturated heterocycles. The van der Waals surface area contributed by atoms with Crippen LogP contribution in [0.2, 0.25) is 0 Å². The van der Waals surface area contributed by atoms with Crippen LogP contribution >= 0.6 is 11.3 Å². The molecular formula is C23H24N4OS. The lowest BCUT2D eigenvalue weighted by Gasteiger charge is -2.25. The Kier molecular flexibility index (Phi) is 5.45. The van der Waals surface area contributed by atoms with E-state index in [1.54, 1.807) is 11.3 Å². The number of rotatable bonds is 6. The van der Waals surface area contributed by atoms with Crippen LogP contribution < -0.4 is 0 Å². The maximum Gasteiger partial charge on any atom is 0.254 e. The van der Waals surface area contributed by atoms with Gasteiger partial charge in [0.25, 0.3) is 5.91 Å². The van der Waals surface area contributed by atoms with E-state index in [2.05, 4.69) is 36.1 Å². The van der Waals surface area contributed by atoms with E-state index in [0.29, 0.717) is 18.0 Å². The Balaban J connectivity index is 1.56. The van der Waals surface area contributed by atoms with Gasteiger partial charge in [-0.05, 0) is 30.5 Å². The second kappa shape index (κ2) is 8.17. The van der Waals surface area contributed by atoms with Gasteiger partial charge in [-0.15, -0.1) is 0 Å². The topological polar surface area (TPSA) is 50.5 Å². The molecule has 5 nitrogen and oxygen atoms in total. The smallest absolute Gasteiger partial charge is 0.254 e. The monoisotopic (exact) mass is 404 g/mol. The molecule has 0 saturated carbocycles. The molecule has 2 aromatic heterocycles. The summed E-state index contributed by atoms with van der Waals surface area (Å²) in [7, 11) is 0. The highest BCUT2D eigenvalue weighted by Crippen LogP contribution is 2.27. The Hall–Kier alpha value is -2.99. The fraction of sp³-hybridized carbons (Fsp3) is 0.261.